The van der Waals surface area contributed by atoms with Crippen LogP contribution in [0.1, 0.15) is 38.7 Å². The van der Waals surface area contributed by atoms with Crippen LogP contribution in [-0.2, 0) is 26.2 Å². The minimum Gasteiger partial charge on any atom is -0.354 e. The van der Waals surface area contributed by atoms with Gasteiger partial charge in [-0.25, -0.2) is 12.8 Å². The summed E-state index contributed by atoms with van der Waals surface area (Å²) in [6.07, 6.45) is 2.08. The number of benzene rings is 2. The van der Waals surface area contributed by atoms with Gasteiger partial charge in [-0.2, -0.15) is 0 Å². The number of hydrogen-bond donors (Lipinski definition) is 1. The molecule has 0 aliphatic carbocycles. The molecule has 0 saturated carbocycles. The first kappa shape index (κ1) is 27.6. The average Bonchev–Trinajstić information content (AvgIpc) is 2.78. The van der Waals surface area contributed by atoms with Gasteiger partial charge in [0, 0.05) is 31.1 Å². The molecule has 0 bridgehead atoms. The van der Waals surface area contributed by atoms with E-state index >= 15 is 0 Å². The minimum atomic E-state index is -3.64. The third kappa shape index (κ3) is 8.29. The van der Waals surface area contributed by atoms with Gasteiger partial charge in [0.1, 0.15) is 11.9 Å². The third-order valence-electron chi connectivity index (χ3n) is 5.23. The molecule has 0 radical (unpaired) electrons. The van der Waals surface area contributed by atoms with Crippen LogP contribution in [0.3, 0.4) is 0 Å². The highest BCUT2D eigenvalue weighted by Crippen LogP contribution is 2.20. The van der Waals surface area contributed by atoms with E-state index < -0.39 is 21.9 Å². The van der Waals surface area contributed by atoms with Gasteiger partial charge in [0.05, 0.1) is 11.9 Å². The maximum Gasteiger partial charge on any atom is 0.242 e. The van der Waals surface area contributed by atoms with E-state index in [0.29, 0.717) is 17.3 Å². The number of nitrogens with zero attached hydrogens (tertiary/aromatic N) is 2. The summed E-state index contributed by atoms with van der Waals surface area (Å²) in [6, 6.07) is 11.5. The van der Waals surface area contributed by atoms with Crippen molar-refractivity contribution in [2.75, 3.05) is 23.7 Å². The Morgan fingerprint density at radius 1 is 1.15 bits per heavy atom. The zero-order chi connectivity index (χ0) is 25.3. The number of nitrogens with one attached hydrogen (secondary N) is 1. The van der Waals surface area contributed by atoms with Gasteiger partial charge in [-0.1, -0.05) is 30.7 Å². The van der Waals surface area contributed by atoms with Crippen LogP contribution in [0, 0.1) is 5.82 Å². The van der Waals surface area contributed by atoms with Crippen molar-refractivity contribution in [3.05, 3.63) is 64.9 Å². The van der Waals surface area contributed by atoms with E-state index in [-0.39, 0.29) is 37.7 Å². The fourth-order valence-corrected chi connectivity index (χ4v) is 4.60. The largest absolute Gasteiger partial charge is 0.354 e. The van der Waals surface area contributed by atoms with E-state index in [0.717, 1.165) is 22.5 Å². The monoisotopic (exact) mass is 511 g/mol. The van der Waals surface area contributed by atoms with Gasteiger partial charge in [0.2, 0.25) is 21.8 Å². The number of anilines is 1. The molecular formula is C24H31ClFN3O4S. The van der Waals surface area contributed by atoms with E-state index in [9.17, 15) is 22.4 Å². The summed E-state index contributed by atoms with van der Waals surface area (Å²) in [5.41, 5.74) is 1.10. The number of sulfonamides is 1. The summed E-state index contributed by atoms with van der Waals surface area (Å²) < 4.78 is 38.9. The molecule has 34 heavy (non-hydrogen) atoms. The summed E-state index contributed by atoms with van der Waals surface area (Å²) in [5, 5.41) is 3.33. The highest BCUT2D eigenvalue weighted by Gasteiger charge is 2.26. The number of carbonyl (C=O) groups excluding carboxylic acids is 2. The molecule has 0 aromatic heterocycles. The summed E-state index contributed by atoms with van der Waals surface area (Å²) in [5.74, 6) is -1.02. The first-order valence-corrected chi connectivity index (χ1v) is 13.3. The van der Waals surface area contributed by atoms with Crippen molar-refractivity contribution >= 4 is 39.1 Å². The molecule has 2 rings (SSSR count). The van der Waals surface area contributed by atoms with Gasteiger partial charge in [0.25, 0.3) is 0 Å². The minimum absolute atomic E-state index is 0.0270. The molecule has 0 saturated heterocycles. The molecule has 1 N–H and O–H groups in total. The second-order valence-corrected chi connectivity index (χ2v) is 10.4. The number of amides is 2. The van der Waals surface area contributed by atoms with Gasteiger partial charge in [-0.05, 0) is 61.7 Å². The Morgan fingerprint density at radius 2 is 1.82 bits per heavy atom. The van der Waals surface area contributed by atoms with Crippen molar-refractivity contribution in [2.24, 2.45) is 0 Å². The average molecular weight is 512 g/mol. The van der Waals surface area contributed by atoms with Gasteiger partial charge in [-0.3, -0.25) is 13.9 Å². The van der Waals surface area contributed by atoms with Crippen LogP contribution in [0.25, 0.3) is 0 Å². The molecule has 0 heterocycles. The van der Waals surface area contributed by atoms with E-state index in [1.165, 1.54) is 29.2 Å². The van der Waals surface area contributed by atoms with Crippen LogP contribution in [0.15, 0.2) is 48.5 Å². The van der Waals surface area contributed by atoms with Gasteiger partial charge < -0.3 is 10.2 Å². The number of carbonyl (C=O) groups is 2. The lowest BCUT2D eigenvalue weighted by molar-refractivity contribution is -0.140. The normalized spacial score (nSPS) is 12.1. The number of hydrogen-bond acceptors (Lipinski definition) is 4. The summed E-state index contributed by atoms with van der Waals surface area (Å²) >= 11 is 6.08. The van der Waals surface area contributed by atoms with Crippen LogP contribution in [0.4, 0.5) is 10.1 Å². The molecule has 2 aromatic rings. The van der Waals surface area contributed by atoms with Crippen LogP contribution >= 0.6 is 11.6 Å². The first-order valence-electron chi connectivity index (χ1n) is 11.1. The van der Waals surface area contributed by atoms with Crippen LogP contribution in [-0.4, -0.2) is 50.5 Å². The van der Waals surface area contributed by atoms with Crippen LogP contribution in [0.5, 0.6) is 0 Å². The van der Waals surface area contributed by atoms with Gasteiger partial charge >= 0.3 is 0 Å². The first-order chi connectivity index (χ1) is 16.0. The molecule has 0 aliphatic rings. The smallest absolute Gasteiger partial charge is 0.242 e. The Bertz CT molecular complexity index is 1080. The Hall–Kier alpha value is -2.65. The predicted molar refractivity (Wildman–Crippen MR) is 133 cm³/mol. The van der Waals surface area contributed by atoms with E-state index in [2.05, 4.69) is 5.32 Å². The van der Waals surface area contributed by atoms with Crippen molar-refractivity contribution < 1.29 is 22.4 Å². The van der Waals surface area contributed by atoms with E-state index in [1.54, 1.807) is 25.1 Å². The standard InChI is InChI=1S/C24H31ClFN3O4S/c1-4-14-27-24(31)18(2)28(17-19-7-5-8-20(25)16-19)23(30)9-6-15-29(34(3,32)33)22-12-10-21(26)11-13-22/h5,7-8,10-13,16,18H,4,6,9,14-15,17H2,1-3H3,(H,27,31)/t18-/m0/s1. The molecule has 10 heteroatoms. The molecule has 7 nitrogen and oxygen atoms in total. The quantitative estimate of drug-likeness (QED) is 0.467. The fraction of sp³-hybridized carbons (Fsp3) is 0.417. The Balaban J connectivity index is 2.14. The Labute approximate surface area is 205 Å². The second kappa shape index (κ2) is 12.7. The van der Waals surface area contributed by atoms with Crippen LogP contribution in [0.2, 0.25) is 5.02 Å². The molecule has 0 unspecified atom stereocenters. The summed E-state index contributed by atoms with van der Waals surface area (Å²) in [4.78, 5) is 27.2. The van der Waals surface area contributed by atoms with Crippen molar-refractivity contribution in [3.8, 4) is 0 Å². The highest BCUT2D eigenvalue weighted by atomic mass is 35.5. The second-order valence-electron chi connectivity index (χ2n) is 8.03. The summed E-state index contributed by atoms with van der Waals surface area (Å²) in [7, 11) is -3.64. The van der Waals surface area contributed by atoms with Crippen molar-refractivity contribution in [1.82, 2.24) is 10.2 Å². The lowest BCUT2D eigenvalue weighted by atomic mass is 10.1. The molecule has 0 aliphatic heterocycles. The lowest BCUT2D eigenvalue weighted by Gasteiger charge is -2.29. The maximum atomic E-state index is 13.3. The van der Waals surface area contributed by atoms with Crippen molar-refractivity contribution in [3.63, 3.8) is 0 Å². The third-order valence-corrected chi connectivity index (χ3v) is 6.65. The van der Waals surface area contributed by atoms with Gasteiger partial charge in [0.15, 0.2) is 0 Å². The highest BCUT2D eigenvalue weighted by molar-refractivity contribution is 7.92. The molecular weight excluding hydrogens is 481 g/mol. The fourth-order valence-electron chi connectivity index (χ4n) is 3.42. The molecule has 2 aromatic carbocycles. The molecule has 0 spiro atoms. The zero-order valence-corrected chi connectivity index (χ0v) is 21.2. The SMILES string of the molecule is CCCNC(=O)[C@H](C)N(Cc1cccc(Cl)c1)C(=O)CCCN(c1ccc(F)cc1)S(C)(=O)=O. The number of rotatable bonds is 12. The number of halogens is 2. The maximum absolute atomic E-state index is 13.3. The lowest BCUT2D eigenvalue weighted by Crippen LogP contribution is -2.47. The van der Waals surface area contributed by atoms with E-state index in [1.807, 2.05) is 13.0 Å². The zero-order valence-electron chi connectivity index (χ0n) is 19.6. The van der Waals surface area contributed by atoms with E-state index in [4.69, 9.17) is 11.6 Å². The van der Waals surface area contributed by atoms with Crippen molar-refractivity contribution in [2.45, 2.75) is 45.7 Å². The Kier molecular flexibility index (Phi) is 10.3. The summed E-state index contributed by atoms with van der Waals surface area (Å²) in [6.45, 7) is 4.33. The predicted octanol–water partition coefficient (Wildman–Crippen LogP) is 3.97. The van der Waals surface area contributed by atoms with Gasteiger partial charge in [-0.15, -0.1) is 0 Å². The molecule has 1 atom stereocenters. The molecule has 0 fully saturated rings. The molecule has 2 amide bonds. The molecule has 186 valence electrons. The van der Waals surface area contributed by atoms with Crippen LogP contribution < -0.4 is 9.62 Å². The van der Waals surface area contributed by atoms with Crippen molar-refractivity contribution in [1.29, 1.82) is 0 Å². The topological polar surface area (TPSA) is 86.8 Å². The Morgan fingerprint density at radius 3 is 2.41 bits per heavy atom.